The summed E-state index contributed by atoms with van der Waals surface area (Å²) in [5, 5.41) is 8.58. The molecule has 0 aliphatic heterocycles. The molecule has 0 aliphatic carbocycles. The van der Waals surface area contributed by atoms with E-state index in [9.17, 15) is 22.8 Å². The standard InChI is InChI=1S/C13H10BrF3O4/c1-7(14)12(20)11-8(5-6-10(18)19)3-2-4-9(11)21-13(15,16)17/h2-7H,1H3,(H,18,19). The number of carbonyl (C=O) groups is 2. The predicted molar refractivity (Wildman–Crippen MR) is 72.5 cm³/mol. The number of aliphatic carboxylic acids is 1. The summed E-state index contributed by atoms with van der Waals surface area (Å²) in [6, 6.07) is 3.55. The molecule has 0 spiro atoms. The van der Waals surface area contributed by atoms with Crippen LogP contribution in [0.5, 0.6) is 5.75 Å². The second kappa shape index (κ2) is 6.75. The third-order valence-electron chi connectivity index (χ3n) is 2.30. The normalized spacial score (nSPS) is 13.2. The smallest absolute Gasteiger partial charge is 0.478 e. The third-order valence-corrected chi connectivity index (χ3v) is 2.71. The number of carboxylic acid groups (broad SMARTS) is 1. The Balaban J connectivity index is 3.41. The molecule has 1 aromatic rings. The van der Waals surface area contributed by atoms with Gasteiger partial charge in [-0.05, 0) is 24.6 Å². The number of rotatable bonds is 5. The molecule has 0 amide bonds. The maximum atomic E-state index is 12.4. The lowest BCUT2D eigenvalue weighted by molar-refractivity contribution is -0.274. The van der Waals surface area contributed by atoms with Gasteiger partial charge in [0.2, 0.25) is 0 Å². The fraction of sp³-hybridized carbons (Fsp3) is 0.231. The molecular formula is C13H10BrF3O4. The summed E-state index contributed by atoms with van der Waals surface area (Å²) in [5.74, 6) is -2.62. The van der Waals surface area contributed by atoms with Crippen molar-refractivity contribution in [1.82, 2.24) is 0 Å². The van der Waals surface area contributed by atoms with Crippen LogP contribution in [0.25, 0.3) is 6.08 Å². The average Bonchev–Trinajstić information content (AvgIpc) is 2.33. The van der Waals surface area contributed by atoms with Crippen LogP contribution in [0.15, 0.2) is 24.3 Å². The minimum Gasteiger partial charge on any atom is -0.478 e. The molecule has 0 fully saturated rings. The highest BCUT2D eigenvalue weighted by molar-refractivity contribution is 9.10. The summed E-state index contributed by atoms with van der Waals surface area (Å²) < 4.78 is 41.0. The van der Waals surface area contributed by atoms with Gasteiger partial charge < -0.3 is 9.84 Å². The molecule has 1 atom stereocenters. The van der Waals surface area contributed by atoms with Crippen molar-refractivity contribution >= 4 is 33.8 Å². The summed E-state index contributed by atoms with van der Waals surface area (Å²) >= 11 is 2.98. The van der Waals surface area contributed by atoms with Crippen molar-refractivity contribution in [2.24, 2.45) is 0 Å². The highest BCUT2D eigenvalue weighted by atomic mass is 79.9. The molecule has 4 nitrogen and oxygen atoms in total. The van der Waals surface area contributed by atoms with Gasteiger partial charge in [-0.1, -0.05) is 28.1 Å². The summed E-state index contributed by atoms with van der Waals surface area (Å²) in [6.45, 7) is 1.44. The van der Waals surface area contributed by atoms with Crippen LogP contribution in [-0.2, 0) is 4.79 Å². The van der Waals surface area contributed by atoms with Gasteiger partial charge in [0.25, 0.3) is 0 Å². The number of carboxylic acids is 1. The van der Waals surface area contributed by atoms with E-state index in [4.69, 9.17) is 5.11 Å². The zero-order valence-corrected chi connectivity index (χ0v) is 12.2. The molecule has 0 aromatic heterocycles. The summed E-state index contributed by atoms with van der Waals surface area (Å²) in [6.07, 6.45) is -3.20. The Kier molecular flexibility index (Phi) is 5.54. The van der Waals surface area contributed by atoms with Crippen molar-refractivity contribution in [1.29, 1.82) is 0 Å². The van der Waals surface area contributed by atoms with Crippen molar-refractivity contribution in [2.45, 2.75) is 18.1 Å². The van der Waals surface area contributed by atoms with Gasteiger partial charge in [0, 0.05) is 6.08 Å². The van der Waals surface area contributed by atoms with Gasteiger partial charge in [-0.15, -0.1) is 13.2 Å². The molecule has 1 unspecified atom stereocenters. The van der Waals surface area contributed by atoms with E-state index < -0.39 is 28.7 Å². The summed E-state index contributed by atoms with van der Waals surface area (Å²) in [5.41, 5.74) is -0.313. The predicted octanol–water partition coefficient (Wildman–Crippen LogP) is 3.65. The number of ether oxygens (including phenoxy) is 1. The number of halogens is 4. The molecule has 114 valence electrons. The van der Waals surface area contributed by atoms with Gasteiger partial charge in [0.1, 0.15) is 5.75 Å². The highest BCUT2D eigenvalue weighted by Crippen LogP contribution is 2.31. The second-order valence-corrected chi connectivity index (χ2v) is 5.29. The van der Waals surface area contributed by atoms with Crippen molar-refractivity contribution in [2.75, 3.05) is 0 Å². The lowest BCUT2D eigenvalue weighted by atomic mass is 10.00. The first-order chi connectivity index (χ1) is 9.61. The molecule has 0 heterocycles. The monoisotopic (exact) mass is 366 g/mol. The van der Waals surface area contributed by atoms with Gasteiger partial charge in [-0.2, -0.15) is 0 Å². The van der Waals surface area contributed by atoms with E-state index in [2.05, 4.69) is 20.7 Å². The zero-order chi connectivity index (χ0) is 16.2. The number of hydrogen-bond acceptors (Lipinski definition) is 3. The van der Waals surface area contributed by atoms with Crippen LogP contribution in [0.2, 0.25) is 0 Å². The van der Waals surface area contributed by atoms with Gasteiger partial charge in [0.15, 0.2) is 5.78 Å². The van der Waals surface area contributed by atoms with Crippen molar-refractivity contribution in [3.8, 4) is 5.75 Å². The Hall–Kier alpha value is -1.83. The molecule has 0 saturated carbocycles. The molecule has 0 saturated heterocycles. The number of benzene rings is 1. The lowest BCUT2D eigenvalue weighted by Gasteiger charge is -2.15. The molecule has 1 N–H and O–H groups in total. The lowest BCUT2D eigenvalue weighted by Crippen LogP contribution is -2.21. The average molecular weight is 367 g/mol. The number of ketones is 1. The van der Waals surface area contributed by atoms with E-state index in [1.165, 1.54) is 19.1 Å². The minimum atomic E-state index is -4.96. The summed E-state index contributed by atoms with van der Waals surface area (Å²) in [4.78, 5) is 21.8. The maximum absolute atomic E-state index is 12.4. The molecule has 1 rings (SSSR count). The molecule has 0 bridgehead atoms. The van der Waals surface area contributed by atoms with E-state index in [0.29, 0.717) is 0 Å². The van der Waals surface area contributed by atoms with E-state index in [-0.39, 0.29) is 11.1 Å². The molecular weight excluding hydrogens is 357 g/mol. The van der Waals surface area contributed by atoms with Crippen LogP contribution in [0.4, 0.5) is 13.2 Å². The Morgan fingerprint density at radius 3 is 2.48 bits per heavy atom. The van der Waals surface area contributed by atoms with Crippen molar-refractivity contribution < 1.29 is 32.6 Å². The second-order valence-electron chi connectivity index (χ2n) is 3.92. The Morgan fingerprint density at radius 2 is 2.00 bits per heavy atom. The highest BCUT2D eigenvalue weighted by Gasteiger charge is 2.33. The van der Waals surface area contributed by atoms with E-state index in [1.807, 2.05) is 0 Å². The number of hydrogen-bond donors (Lipinski definition) is 1. The van der Waals surface area contributed by atoms with Gasteiger partial charge in [0.05, 0.1) is 10.4 Å². The number of carbonyl (C=O) groups excluding carboxylic acids is 1. The van der Waals surface area contributed by atoms with Crippen LogP contribution in [0.1, 0.15) is 22.8 Å². The first kappa shape index (κ1) is 17.2. The van der Waals surface area contributed by atoms with Gasteiger partial charge in [-0.25, -0.2) is 4.79 Å². The van der Waals surface area contributed by atoms with Crippen molar-refractivity contribution in [3.05, 3.63) is 35.4 Å². The molecule has 0 aliphatic rings. The topological polar surface area (TPSA) is 63.6 Å². The zero-order valence-electron chi connectivity index (χ0n) is 10.6. The van der Waals surface area contributed by atoms with Crippen LogP contribution in [0.3, 0.4) is 0 Å². The van der Waals surface area contributed by atoms with Crippen LogP contribution >= 0.6 is 15.9 Å². The first-order valence-corrected chi connectivity index (χ1v) is 6.51. The van der Waals surface area contributed by atoms with E-state index in [1.54, 1.807) is 0 Å². The molecule has 0 radical (unpaired) electrons. The van der Waals surface area contributed by atoms with Crippen LogP contribution in [0, 0.1) is 0 Å². The Bertz CT molecular complexity index is 579. The fourth-order valence-electron chi connectivity index (χ4n) is 1.52. The number of alkyl halides is 4. The SMILES string of the molecule is CC(Br)C(=O)c1c(C=CC(=O)O)cccc1OC(F)(F)F. The van der Waals surface area contributed by atoms with Crippen LogP contribution < -0.4 is 4.74 Å². The van der Waals surface area contributed by atoms with E-state index >= 15 is 0 Å². The largest absolute Gasteiger partial charge is 0.573 e. The Labute approximate surface area is 126 Å². The van der Waals surface area contributed by atoms with Gasteiger partial charge >= 0.3 is 12.3 Å². The minimum absolute atomic E-state index is 0.0236. The quantitative estimate of drug-likeness (QED) is 0.490. The van der Waals surface area contributed by atoms with Gasteiger partial charge in [-0.3, -0.25) is 4.79 Å². The fourth-order valence-corrected chi connectivity index (χ4v) is 1.75. The van der Waals surface area contributed by atoms with Crippen LogP contribution in [-0.4, -0.2) is 28.0 Å². The summed E-state index contributed by atoms with van der Waals surface area (Å²) in [7, 11) is 0. The maximum Gasteiger partial charge on any atom is 0.573 e. The Morgan fingerprint density at radius 1 is 1.38 bits per heavy atom. The number of Topliss-reactive ketones (excluding diaryl/α,β-unsaturated/α-hetero) is 1. The first-order valence-electron chi connectivity index (χ1n) is 5.60. The third kappa shape index (κ3) is 5.22. The molecule has 8 heteroatoms. The van der Waals surface area contributed by atoms with Crippen molar-refractivity contribution in [3.63, 3.8) is 0 Å². The molecule has 1 aromatic carbocycles. The van der Waals surface area contributed by atoms with E-state index in [0.717, 1.165) is 18.2 Å². The molecule has 21 heavy (non-hydrogen) atoms.